The number of methoxy groups -OCH3 is 1. The van der Waals surface area contributed by atoms with Crippen LogP contribution in [0.3, 0.4) is 0 Å². The van der Waals surface area contributed by atoms with E-state index in [1.807, 2.05) is 19.1 Å². The second-order valence-corrected chi connectivity index (χ2v) is 7.73. The van der Waals surface area contributed by atoms with Gasteiger partial charge < -0.3 is 25.2 Å². The molecule has 0 bridgehead atoms. The quantitative estimate of drug-likeness (QED) is 0.363. The summed E-state index contributed by atoms with van der Waals surface area (Å²) in [6.07, 6.45) is 4.32. The zero-order valence-corrected chi connectivity index (χ0v) is 16.5. The van der Waals surface area contributed by atoms with Crippen molar-refractivity contribution in [2.45, 2.75) is 58.5 Å². The summed E-state index contributed by atoms with van der Waals surface area (Å²) in [4.78, 5) is 4.59. The Bertz CT molecular complexity index is 514. The van der Waals surface area contributed by atoms with Crippen molar-refractivity contribution in [2.24, 2.45) is 22.2 Å². The van der Waals surface area contributed by atoms with Crippen LogP contribution in [0.4, 0.5) is 0 Å². The molecule has 0 aromatic carbocycles. The molecule has 6 unspecified atom stereocenters. The van der Waals surface area contributed by atoms with Crippen LogP contribution in [0.1, 0.15) is 34.1 Å². The van der Waals surface area contributed by atoms with E-state index in [4.69, 9.17) is 9.84 Å². The van der Waals surface area contributed by atoms with Crippen LogP contribution in [0.15, 0.2) is 29.3 Å². The fraction of sp³-hybridized carbons (Fsp3) is 0.750. The molecule has 6 atom stereocenters. The van der Waals surface area contributed by atoms with E-state index in [1.54, 1.807) is 0 Å². The number of aliphatic imine (C=N–C) groups is 1. The fourth-order valence-electron chi connectivity index (χ4n) is 3.79. The van der Waals surface area contributed by atoms with Crippen LogP contribution in [0, 0.1) is 17.3 Å². The van der Waals surface area contributed by atoms with E-state index in [0.29, 0.717) is 5.92 Å². The molecule has 0 aliphatic heterocycles. The van der Waals surface area contributed by atoms with Crippen LogP contribution >= 0.6 is 0 Å². The number of aliphatic hydroxyl groups is 4. The summed E-state index contributed by atoms with van der Waals surface area (Å²) >= 11 is 0. The van der Waals surface area contributed by atoms with E-state index in [9.17, 15) is 15.3 Å². The highest BCUT2D eigenvalue weighted by atomic mass is 16.5. The zero-order chi connectivity index (χ0) is 19.9. The molecule has 1 aliphatic carbocycles. The molecule has 0 heterocycles. The first-order valence-corrected chi connectivity index (χ1v) is 9.21. The Balaban J connectivity index is 2.97. The van der Waals surface area contributed by atoms with Crippen molar-refractivity contribution in [3.63, 3.8) is 0 Å². The van der Waals surface area contributed by atoms with Gasteiger partial charge >= 0.3 is 0 Å². The maximum atomic E-state index is 10.3. The maximum Gasteiger partial charge on any atom is 0.114 e. The maximum absolute atomic E-state index is 10.3. The standard InChI is InChI=1S/C20H35NO5/c1-6-8-14(17-13(2)9-7-10-20(17,3)4)21-11-15(23)18(25)19(26-5)16(24)12-22/h6-9,13,15-19,22-25H,10-12H2,1-5H3. The predicted molar refractivity (Wildman–Crippen MR) is 103 cm³/mol. The number of allylic oxidation sites excluding steroid dienone is 4. The largest absolute Gasteiger partial charge is 0.394 e. The van der Waals surface area contributed by atoms with Crippen LogP contribution in [0.5, 0.6) is 0 Å². The molecule has 4 N–H and O–H groups in total. The Kier molecular flexibility index (Phi) is 9.13. The van der Waals surface area contributed by atoms with E-state index in [1.165, 1.54) is 7.11 Å². The van der Waals surface area contributed by atoms with Crippen molar-refractivity contribution in [3.05, 3.63) is 24.3 Å². The molecule has 6 heteroatoms. The van der Waals surface area contributed by atoms with Crippen molar-refractivity contribution in [1.82, 2.24) is 0 Å². The molecule has 0 saturated carbocycles. The highest BCUT2D eigenvalue weighted by Gasteiger charge is 2.37. The second kappa shape index (κ2) is 10.3. The summed E-state index contributed by atoms with van der Waals surface area (Å²) in [5.41, 5.74) is 0.926. The van der Waals surface area contributed by atoms with E-state index in [-0.39, 0.29) is 17.9 Å². The minimum atomic E-state index is -1.35. The lowest BCUT2D eigenvalue weighted by Gasteiger charge is -2.40. The summed E-state index contributed by atoms with van der Waals surface area (Å²) in [5.74, 6) is 0.521. The van der Waals surface area contributed by atoms with Crippen LogP contribution in [-0.2, 0) is 4.74 Å². The Morgan fingerprint density at radius 1 is 1.31 bits per heavy atom. The second-order valence-electron chi connectivity index (χ2n) is 7.73. The third-order valence-electron chi connectivity index (χ3n) is 5.14. The number of hydrogen-bond acceptors (Lipinski definition) is 6. The van der Waals surface area contributed by atoms with Crippen LogP contribution in [0.25, 0.3) is 0 Å². The topological polar surface area (TPSA) is 103 Å². The van der Waals surface area contributed by atoms with Crippen molar-refractivity contribution < 1.29 is 25.2 Å². The molecular weight excluding hydrogens is 334 g/mol. The number of rotatable bonds is 9. The number of aliphatic hydroxyl groups excluding tert-OH is 4. The minimum absolute atomic E-state index is 0.0120. The zero-order valence-electron chi connectivity index (χ0n) is 16.5. The van der Waals surface area contributed by atoms with Gasteiger partial charge in [0.05, 0.1) is 13.2 Å². The minimum Gasteiger partial charge on any atom is -0.394 e. The van der Waals surface area contributed by atoms with E-state index >= 15 is 0 Å². The monoisotopic (exact) mass is 369 g/mol. The van der Waals surface area contributed by atoms with Gasteiger partial charge in [0.1, 0.15) is 24.4 Å². The Hall–Kier alpha value is -1.05. The Morgan fingerprint density at radius 3 is 2.46 bits per heavy atom. The first-order chi connectivity index (χ1) is 12.2. The smallest absolute Gasteiger partial charge is 0.114 e. The molecule has 1 rings (SSSR count). The third-order valence-corrected chi connectivity index (χ3v) is 5.14. The molecule has 0 radical (unpaired) electrons. The summed E-state index contributed by atoms with van der Waals surface area (Å²) in [6, 6.07) is 0. The summed E-state index contributed by atoms with van der Waals surface area (Å²) < 4.78 is 5.02. The fourth-order valence-corrected chi connectivity index (χ4v) is 3.79. The average molecular weight is 370 g/mol. The lowest BCUT2D eigenvalue weighted by atomic mass is 9.65. The first-order valence-electron chi connectivity index (χ1n) is 9.21. The van der Waals surface area contributed by atoms with Gasteiger partial charge in [0, 0.05) is 18.7 Å². The van der Waals surface area contributed by atoms with Crippen molar-refractivity contribution in [3.8, 4) is 0 Å². The molecular formula is C20H35NO5. The highest BCUT2D eigenvalue weighted by molar-refractivity contribution is 5.97. The van der Waals surface area contributed by atoms with Gasteiger partial charge in [0.2, 0.25) is 0 Å². The molecule has 0 amide bonds. The number of hydrogen-bond donors (Lipinski definition) is 4. The molecule has 0 aromatic heterocycles. The molecule has 6 nitrogen and oxygen atoms in total. The van der Waals surface area contributed by atoms with Crippen molar-refractivity contribution in [1.29, 1.82) is 0 Å². The van der Waals surface area contributed by atoms with Gasteiger partial charge in [-0.05, 0) is 30.8 Å². The van der Waals surface area contributed by atoms with E-state index in [0.717, 1.165) is 12.1 Å². The van der Waals surface area contributed by atoms with Gasteiger partial charge in [0.15, 0.2) is 0 Å². The Morgan fingerprint density at radius 2 is 1.96 bits per heavy atom. The molecule has 0 fully saturated rings. The normalized spacial score (nSPS) is 28.1. The van der Waals surface area contributed by atoms with Crippen LogP contribution < -0.4 is 0 Å². The molecule has 1 aliphatic rings. The predicted octanol–water partition coefficient (Wildman–Crippen LogP) is 1.33. The lowest BCUT2D eigenvalue weighted by molar-refractivity contribution is -0.127. The van der Waals surface area contributed by atoms with E-state index in [2.05, 4.69) is 37.9 Å². The molecule has 150 valence electrons. The van der Waals surface area contributed by atoms with Crippen LogP contribution in [0.2, 0.25) is 0 Å². The average Bonchev–Trinajstić information content (AvgIpc) is 2.58. The van der Waals surface area contributed by atoms with Crippen molar-refractivity contribution >= 4 is 5.71 Å². The SMILES string of the molecule is CC=CC(=NCC(O)C(O)C(OC)C(O)CO)C1C(C)C=CCC1(C)C. The molecule has 0 aromatic rings. The molecule has 0 spiro atoms. The van der Waals surface area contributed by atoms with Crippen molar-refractivity contribution in [2.75, 3.05) is 20.3 Å². The summed E-state index contributed by atoms with van der Waals surface area (Å²) in [6.45, 7) is 7.93. The van der Waals surface area contributed by atoms with Gasteiger partial charge in [-0.25, -0.2) is 0 Å². The first kappa shape index (κ1) is 23.0. The number of ether oxygens (including phenoxy) is 1. The number of nitrogens with zero attached hydrogens (tertiary/aromatic N) is 1. The highest BCUT2D eigenvalue weighted by Crippen LogP contribution is 2.41. The van der Waals surface area contributed by atoms with Gasteiger partial charge in [-0.1, -0.05) is 39.0 Å². The summed E-state index contributed by atoms with van der Waals surface area (Å²) in [7, 11) is 1.31. The van der Waals surface area contributed by atoms with E-state index < -0.39 is 31.0 Å². The Labute approximate surface area is 156 Å². The molecule has 0 saturated heterocycles. The molecule has 26 heavy (non-hydrogen) atoms. The van der Waals surface area contributed by atoms with Gasteiger partial charge in [-0.2, -0.15) is 0 Å². The van der Waals surface area contributed by atoms with Crippen LogP contribution in [-0.4, -0.2) is 70.8 Å². The van der Waals surface area contributed by atoms with Gasteiger partial charge in [-0.3, -0.25) is 4.99 Å². The lowest BCUT2D eigenvalue weighted by Crippen LogP contribution is -2.48. The summed E-state index contributed by atoms with van der Waals surface area (Å²) in [5, 5.41) is 39.3. The van der Waals surface area contributed by atoms with Gasteiger partial charge in [-0.15, -0.1) is 0 Å². The third kappa shape index (κ3) is 5.72. The van der Waals surface area contributed by atoms with Gasteiger partial charge in [0.25, 0.3) is 0 Å².